The van der Waals surface area contributed by atoms with E-state index in [2.05, 4.69) is 0 Å². The zero-order valence-electron chi connectivity index (χ0n) is 15.4. The van der Waals surface area contributed by atoms with Gasteiger partial charge in [-0.25, -0.2) is 0 Å². The Bertz CT molecular complexity index is 1270. The van der Waals surface area contributed by atoms with Gasteiger partial charge in [-0.3, -0.25) is 14.5 Å². The number of amides is 1. The van der Waals surface area contributed by atoms with Gasteiger partial charge in [0.2, 0.25) is 5.78 Å². The highest BCUT2D eigenvalue weighted by Gasteiger charge is 2.46. The summed E-state index contributed by atoms with van der Waals surface area (Å²) in [4.78, 5) is 27.6. The highest BCUT2D eigenvalue weighted by molar-refractivity contribution is 6.30. The van der Waals surface area contributed by atoms with E-state index in [0.717, 1.165) is 5.39 Å². The molecule has 30 heavy (non-hydrogen) atoms. The van der Waals surface area contributed by atoms with E-state index < -0.39 is 23.5 Å². The molecule has 0 saturated carbocycles. The lowest BCUT2D eigenvalue weighted by atomic mass is 9.99. The van der Waals surface area contributed by atoms with Gasteiger partial charge in [0.05, 0.1) is 11.8 Å². The first-order chi connectivity index (χ1) is 14.5. The molecule has 1 aliphatic rings. The number of carbonyl (C=O) groups excluding carboxylic acids is 2. The van der Waals surface area contributed by atoms with Crippen LogP contribution in [-0.2, 0) is 4.79 Å². The van der Waals surface area contributed by atoms with Crippen molar-refractivity contribution in [2.75, 3.05) is 4.90 Å². The molecule has 6 nitrogen and oxygen atoms in total. The van der Waals surface area contributed by atoms with Gasteiger partial charge in [0, 0.05) is 16.1 Å². The van der Waals surface area contributed by atoms with Gasteiger partial charge in [0.25, 0.3) is 5.91 Å². The van der Waals surface area contributed by atoms with Crippen LogP contribution < -0.4 is 4.90 Å². The molecule has 0 aliphatic carbocycles. The maximum Gasteiger partial charge on any atom is 0.294 e. The molecule has 2 aromatic heterocycles. The summed E-state index contributed by atoms with van der Waals surface area (Å²) in [5.74, 6) is -1.58. The third-order valence-electron chi connectivity index (χ3n) is 5.02. The monoisotopic (exact) mass is 419 g/mol. The molecule has 0 radical (unpaired) electrons. The quantitative estimate of drug-likeness (QED) is 0.444. The summed E-state index contributed by atoms with van der Waals surface area (Å²) < 4.78 is 11.2. The lowest BCUT2D eigenvalue weighted by molar-refractivity contribution is -0.117. The van der Waals surface area contributed by atoms with Crippen molar-refractivity contribution < 1.29 is 23.5 Å². The van der Waals surface area contributed by atoms with Crippen LogP contribution in [-0.4, -0.2) is 16.8 Å². The number of nitrogens with zero attached hydrogens (tertiary/aromatic N) is 1. The number of Topliss-reactive ketones (excluding diaryl/α,β-unsaturated/α-hetero) is 1. The standard InChI is InChI=1S/C23H14ClNO5/c24-14-7-9-15(10-8-14)25-20(17-6-3-11-29-17)19(22(27)23(25)28)21(26)18-12-13-4-1-2-5-16(13)30-18/h1-12,20,27H. The van der Waals surface area contributed by atoms with Crippen LogP contribution in [0.1, 0.15) is 22.4 Å². The molecule has 2 aromatic carbocycles. The van der Waals surface area contributed by atoms with E-state index in [0.29, 0.717) is 22.1 Å². The third kappa shape index (κ3) is 2.81. The fourth-order valence-corrected chi connectivity index (χ4v) is 3.77. The number of aliphatic hydroxyl groups excluding tert-OH is 1. The number of halogens is 1. The molecule has 1 N–H and O–H groups in total. The van der Waals surface area contributed by atoms with Crippen LogP contribution in [0.2, 0.25) is 5.02 Å². The Morgan fingerprint density at radius 1 is 1.03 bits per heavy atom. The second-order valence-electron chi connectivity index (χ2n) is 6.81. The normalized spacial score (nSPS) is 16.6. The Morgan fingerprint density at radius 3 is 2.50 bits per heavy atom. The lowest BCUT2D eigenvalue weighted by Gasteiger charge is -2.24. The molecule has 1 aliphatic heterocycles. The summed E-state index contributed by atoms with van der Waals surface area (Å²) in [5, 5.41) is 11.9. The van der Waals surface area contributed by atoms with Crippen molar-refractivity contribution in [2.24, 2.45) is 0 Å². The topological polar surface area (TPSA) is 83.9 Å². The third-order valence-corrected chi connectivity index (χ3v) is 5.27. The van der Waals surface area contributed by atoms with Crippen LogP contribution in [0.15, 0.2) is 93.2 Å². The average Bonchev–Trinajstić information content (AvgIpc) is 3.47. The van der Waals surface area contributed by atoms with Gasteiger partial charge in [-0.1, -0.05) is 29.8 Å². The van der Waals surface area contributed by atoms with E-state index in [1.165, 1.54) is 11.2 Å². The predicted molar refractivity (Wildman–Crippen MR) is 111 cm³/mol. The van der Waals surface area contributed by atoms with Gasteiger partial charge in [0.1, 0.15) is 17.4 Å². The van der Waals surface area contributed by atoms with Crippen molar-refractivity contribution >= 4 is 39.9 Å². The molecule has 4 aromatic rings. The van der Waals surface area contributed by atoms with E-state index in [4.69, 9.17) is 20.4 Å². The molecule has 1 atom stereocenters. The number of ketones is 1. The number of carbonyl (C=O) groups is 2. The van der Waals surface area contributed by atoms with Crippen LogP contribution in [0.4, 0.5) is 5.69 Å². The second kappa shape index (κ2) is 6.93. The number of hydrogen-bond donors (Lipinski definition) is 1. The Morgan fingerprint density at radius 2 is 1.80 bits per heavy atom. The first-order valence-electron chi connectivity index (χ1n) is 9.13. The van der Waals surface area contributed by atoms with Gasteiger partial charge in [-0.05, 0) is 48.5 Å². The maximum absolute atomic E-state index is 13.4. The fraction of sp³-hybridized carbons (Fsp3) is 0.0435. The molecule has 3 heterocycles. The van der Waals surface area contributed by atoms with Gasteiger partial charge >= 0.3 is 0 Å². The maximum atomic E-state index is 13.4. The molecule has 0 spiro atoms. The van der Waals surface area contributed by atoms with Crippen LogP contribution in [0.5, 0.6) is 0 Å². The molecular formula is C23H14ClNO5. The Kier molecular flexibility index (Phi) is 4.22. The van der Waals surface area contributed by atoms with Crippen LogP contribution in [0.3, 0.4) is 0 Å². The number of aliphatic hydroxyl groups is 1. The number of anilines is 1. The van der Waals surface area contributed by atoms with E-state index in [1.807, 2.05) is 12.1 Å². The Labute approximate surface area is 175 Å². The molecule has 0 fully saturated rings. The van der Waals surface area contributed by atoms with E-state index >= 15 is 0 Å². The predicted octanol–water partition coefficient (Wildman–Crippen LogP) is 5.46. The smallest absolute Gasteiger partial charge is 0.294 e. The van der Waals surface area contributed by atoms with Gasteiger partial charge in [0.15, 0.2) is 11.5 Å². The van der Waals surface area contributed by atoms with Gasteiger partial charge < -0.3 is 13.9 Å². The molecule has 148 valence electrons. The van der Waals surface area contributed by atoms with Gasteiger partial charge in [-0.15, -0.1) is 0 Å². The van der Waals surface area contributed by atoms with Crippen molar-refractivity contribution in [2.45, 2.75) is 6.04 Å². The van der Waals surface area contributed by atoms with Crippen molar-refractivity contribution in [3.05, 3.63) is 101 Å². The first-order valence-corrected chi connectivity index (χ1v) is 9.51. The fourth-order valence-electron chi connectivity index (χ4n) is 3.65. The van der Waals surface area contributed by atoms with Crippen molar-refractivity contribution in [3.63, 3.8) is 0 Å². The molecule has 1 amide bonds. The summed E-state index contributed by atoms with van der Waals surface area (Å²) in [5.41, 5.74) is 0.892. The van der Waals surface area contributed by atoms with E-state index in [1.54, 1.807) is 54.6 Å². The molecule has 5 rings (SSSR count). The summed E-state index contributed by atoms with van der Waals surface area (Å²) in [6, 6.07) is 17.6. The van der Waals surface area contributed by atoms with Gasteiger partial charge in [-0.2, -0.15) is 0 Å². The zero-order chi connectivity index (χ0) is 20.8. The Hall–Kier alpha value is -3.77. The number of furan rings is 2. The van der Waals surface area contributed by atoms with Crippen LogP contribution in [0.25, 0.3) is 11.0 Å². The number of fused-ring (bicyclic) bond motifs is 1. The SMILES string of the molecule is O=C(C1=C(O)C(=O)N(c2ccc(Cl)cc2)C1c1ccco1)c1cc2ccccc2o1. The van der Waals surface area contributed by atoms with Crippen molar-refractivity contribution in [3.8, 4) is 0 Å². The second-order valence-corrected chi connectivity index (χ2v) is 7.25. The summed E-state index contributed by atoms with van der Waals surface area (Å²) in [6.45, 7) is 0. The summed E-state index contributed by atoms with van der Waals surface area (Å²) >= 11 is 5.97. The lowest BCUT2D eigenvalue weighted by Crippen LogP contribution is -2.30. The number of hydrogen-bond acceptors (Lipinski definition) is 5. The van der Waals surface area contributed by atoms with E-state index in [-0.39, 0.29) is 11.3 Å². The average molecular weight is 420 g/mol. The number of para-hydroxylation sites is 1. The minimum absolute atomic E-state index is 0.0278. The molecule has 1 unspecified atom stereocenters. The minimum atomic E-state index is -0.950. The number of rotatable bonds is 4. The summed E-state index contributed by atoms with van der Waals surface area (Å²) in [7, 11) is 0. The molecule has 0 bridgehead atoms. The molecule has 7 heteroatoms. The first kappa shape index (κ1) is 18.3. The van der Waals surface area contributed by atoms with E-state index in [9.17, 15) is 14.7 Å². The van der Waals surface area contributed by atoms with Crippen LogP contribution >= 0.6 is 11.6 Å². The number of benzene rings is 2. The largest absolute Gasteiger partial charge is 0.503 e. The highest BCUT2D eigenvalue weighted by atomic mass is 35.5. The van der Waals surface area contributed by atoms with Crippen LogP contribution in [0, 0.1) is 0 Å². The Balaban J connectivity index is 1.64. The van der Waals surface area contributed by atoms with Crippen molar-refractivity contribution in [1.29, 1.82) is 0 Å². The highest BCUT2D eigenvalue weighted by Crippen LogP contribution is 2.42. The molecule has 0 saturated heterocycles. The van der Waals surface area contributed by atoms with Crippen molar-refractivity contribution in [1.82, 2.24) is 0 Å². The minimum Gasteiger partial charge on any atom is -0.503 e. The zero-order valence-corrected chi connectivity index (χ0v) is 16.2. The molecular weight excluding hydrogens is 406 g/mol. The summed E-state index contributed by atoms with van der Waals surface area (Å²) in [6.07, 6.45) is 1.44.